The van der Waals surface area contributed by atoms with Gasteiger partial charge < -0.3 is 29.3 Å². The van der Waals surface area contributed by atoms with Gasteiger partial charge in [-0.2, -0.15) is 0 Å². The molecule has 3 aliphatic rings. The zero-order valence-electron chi connectivity index (χ0n) is 17.4. The Morgan fingerprint density at radius 3 is 2.67 bits per heavy atom. The highest BCUT2D eigenvalue weighted by Gasteiger charge is 2.31. The van der Waals surface area contributed by atoms with Gasteiger partial charge in [-0.15, -0.1) is 0 Å². The van der Waals surface area contributed by atoms with E-state index in [2.05, 4.69) is 10.2 Å². The molecule has 8 nitrogen and oxygen atoms in total. The second kappa shape index (κ2) is 9.75. The molecule has 30 heavy (non-hydrogen) atoms. The van der Waals surface area contributed by atoms with E-state index in [9.17, 15) is 4.79 Å². The normalized spacial score (nSPS) is 21.7. The SMILES string of the molecule is CCNC(=NCc1cc(Cl)c2c(c1)OCCO2)N1CCN(C(=O)C2CCCO2)CC1. The average molecular weight is 437 g/mol. The monoisotopic (exact) mass is 436 g/mol. The lowest BCUT2D eigenvalue weighted by Gasteiger charge is -2.37. The molecular weight excluding hydrogens is 408 g/mol. The van der Waals surface area contributed by atoms with Gasteiger partial charge >= 0.3 is 0 Å². The number of rotatable bonds is 4. The molecule has 0 bridgehead atoms. The quantitative estimate of drug-likeness (QED) is 0.574. The molecule has 0 saturated carbocycles. The smallest absolute Gasteiger partial charge is 0.251 e. The van der Waals surface area contributed by atoms with Crippen LogP contribution in [0.2, 0.25) is 5.02 Å². The van der Waals surface area contributed by atoms with Gasteiger partial charge in [-0.05, 0) is 37.5 Å². The number of guanidine groups is 1. The molecule has 1 atom stereocenters. The van der Waals surface area contributed by atoms with E-state index in [0.29, 0.717) is 56.0 Å². The number of fused-ring (bicyclic) bond motifs is 1. The van der Waals surface area contributed by atoms with Gasteiger partial charge in [0.05, 0.1) is 11.6 Å². The Bertz CT molecular complexity index is 789. The predicted molar refractivity (Wildman–Crippen MR) is 114 cm³/mol. The second-order valence-corrected chi connectivity index (χ2v) is 7.99. The van der Waals surface area contributed by atoms with Crippen LogP contribution < -0.4 is 14.8 Å². The number of halogens is 1. The fourth-order valence-electron chi connectivity index (χ4n) is 3.96. The Labute approximate surface area is 182 Å². The summed E-state index contributed by atoms with van der Waals surface area (Å²) in [5.74, 6) is 2.24. The van der Waals surface area contributed by atoms with Crippen LogP contribution in [-0.4, -0.2) is 80.3 Å². The van der Waals surface area contributed by atoms with E-state index in [-0.39, 0.29) is 12.0 Å². The minimum absolute atomic E-state index is 0.125. The maximum absolute atomic E-state index is 12.6. The number of piperazine rings is 1. The number of amides is 1. The highest BCUT2D eigenvalue weighted by Crippen LogP contribution is 2.38. The Morgan fingerprint density at radius 1 is 1.17 bits per heavy atom. The third-order valence-corrected chi connectivity index (χ3v) is 5.78. The van der Waals surface area contributed by atoms with Crippen molar-refractivity contribution in [2.45, 2.75) is 32.4 Å². The van der Waals surface area contributed by atoms with E-state index >= 15 is 0 Å². The maximum Gasteiger partial charge on any atom is 0.251 e. The Balaban J connectivity index is 1.38. The van der Waals surface area contributed by atoms with E-state index in [1.54, 1.807) is 0 Å². The van der Waals surface area contributed by atoms with E-state index in [1.165, 1.54) is 0 Å². The van der Waals surface area contributed by atoms with Crippen LogP contribution >= 0.6 is 11.6 Å². The van der Waals surface area contributed by atoms with Crippen molar-refractivity contribution in [2.24, 2.45) is 4.99 Å². The fourth-order valence-corrected chi connectivity index (χ4v) is 4.25. The number of benzene rings is 1. The third kappa shape index (κ3) is 4.75. The summed E-state index contributed by atoms with van der Waals surface area (Å²) in [6, 6.07) is 3.81. The first kappa shape index (κ1) is 21.1. The minimum atomic E-state index is -0.251. The molecule has 0 aromatic heterocycles. The van der Waals surface area contributed by atoms with Gasteiger partial charge in [0.2, 0.25) is 0 Å². The number of carbonyl (C=O) groups excluding carboxylic acids is 1. The molecule has 1 aromatic rings. The van der Waals surface area contributed by atoms with Gasteiger partial charge in [0.1, 0.15) is 19.3 Å². The van der Waals surface area contributed by atoms with E-state index in [4.69, 9.17) is 30.8 Å². The third-order valence-electron chi connectivity index (χ3n) is 5.50. The molecule has 1 amide bonds. The van der Waals surface area contributed by atoms with Crippen molar-refractivity contribution in [1.29, 1.82) is 0 Å². The molecule has 3 heterocycles. The van der Waals surface area contributed by atoms with E-state index in [0.717, 1.165) is 44.0 Å². The molecular formula is C21H29ClN4O4. The molecule has 1 N–H and O–H groups in total. The van der Waals surface area contributed by atoms with Crippen LogP contribution in [0.1, 0.15) is 25.3 Å². The Hall–Kier alpha value is -2.19. The van der Waals surface area contributed by atoms with Gasteiger partial charge in [-0.1, -0.05) is 11.6 Å². The summed E-state index contributed by atoms with van der Waals surface area (Å²) < 4.78 is 16.8. The van der Waals surface area contributed by atoms with Crippen LogP contribution in [0, 0.1) is 0 Å². The molecule has 2 fully saturated rings. The summed E-state index contributed by atoms with van der Waals surface area (Å²) >= 11 is 6.34. The maximum atomic E-state index is 12.6. The molecule has 0 aliphatic carbocycles. The summed E-state index contributed by atoms with van der Waals surface area (Å²) in [6.07, 6.45) is 1.55. The van der Waals surface area contributed by atoms with Crippen LogP contribution in [0.5, 0.6) is 11.5 Å². The summed E-state index contributed by atoms with van der Waals surface area (Å²) in [7, 11) is 0. The first-order valence-corrected chi connectivity index (χ1v) is 11.0. The summed E-state index contributed by atoms with van der Waals surface area (Å²) in [5, 5.41) is 3.90. The highest BCUT2D eigenvalue weighted by atomic mass is 35.5. The molecule has 2 saturated heterocycles. The van der Waals surface area contributed by atoms with Gasteiger partial charge in [-0.3, -0.25) is 4.79 Å². The minimum Gasteiger partial charge on any atom is -0.486 e. The second-order valence-electron chi connectivity index (χ2n) is 7.59. The molecule has 3 aliphatic heterocycles. The van der Waals surface area contributed by atoms with Crippen molar-refractivity contribution < 1.29 is 19.0 Å². The topological polar surface area (TPSA) is 75.6 Å². The van der Waals surface area contributed by atoms with Crippen LogP contribution in [0.3, 0.4) is 0 Å². The Morgan fingerprint density at radius 2 is 1.93 bits per heavy atom. The number of hydrogen-bond acceptors (Lipinski definition) is 5. The zero-order chi connectivity index (χ0) is 20.9. The van der Waals surface area contributed by atoms with Gasteiger partial charge in [0.25, 0.3) is 5.91 Å². The summed E-state index contributed by atoms with van der Waals surface area (Å²) in [5.41, 5.74) is 0.965. The van der Waals surface area contributed by atoms with Crippen molar-refractivity contribution >= 4 is 23.5 Å². The first-order chi connectivity index (χ1) is 14.7. The zero-order valence-corrected chi connectivity index (χ0v) is 18.1. The van der Waals surface area contributed by atoms with Crippen molar-refractivity contribution in [3.8, 4) is 11.5 Å². The van der Waals surface area contributed by atoms with Crippen LogP contribution in [0.25, 0.3) is 0 Å². The molecule has 1 aromatic carbocycles. The molecule has 0 spiro atoms. The number of hydrogen-bond donors (Lipinski definition) is 1. The van der Waals surface area contributed by atoms with Gasteiger partial charge in [0, 0.05) is 39.3 Å². The molecule has 0 radical (unpaired) electrons. The summed E-state index contributed by atoms with van der Waals surface area (Å²) in [6.45, 7) is 7.87. The van der Waals surface area contributed by atoms with Gasteiger partial charge in [-0.25, -0.2) is 4.99 Å². The molecule has 1 unspecified atom stereocenters. The van der Waals surface area contributed by atoms with Crippen molar-refractivity contribution in [3.63, 3.8) is 0 Å². The van der Waals surface area contributed by atoms with Crippen LogP contribution in [0.15, 0.2) is 17.1 Å². The van der Waals surface area contributed by atoms with Gasteiger partial charge in [0.15, 0.2) is 17.5 Å². The van der Waals surface area contributed by atoms with Crippen molar-refractivity contribution in [3.05, 3.63) is 22.7 Å². The van der Waals surface area contributed by atoms with Crippen molar-refractivity contribution in [1.82, 2.24) is 15.1 Å². The number of aliphatic imine (C=N–C) groups is 1. The van der Waals surface area contributed by atoms with Crippen LogP contribution in [-0.2, 0) is 16.1 Å². The van der Waals surface area contributed by atoms with Crippen molar-refractivity contribution in [2.75, 3.05) is 52.5 Å². The lowest BCUT2D eigenvalue weighted by molar-refractivity contribution is -0.142. The lowest BCUT2D eigenvalue weighted by Crippen LogP contribution is -2.55. The van der Waals surface area contributed by atoms with Crippen LogP contribution in [0.4, 0.5) is 0 Å². The molecule has 4 rings (SSSR count). The van der Waals surface area contributed by atoms with E-state index < -0.39 is 0 Å². The standard InChI is InChI=1S/C21H29ClN4O4/c1-2-23-21(24-14-15-12-16(22)19-18(13-15)29-10-11-30-19)26-7-5-25(6-8-26)20(27)17-4-3-9-28-17/h12-13,17H,2-11,14H2,1H3,(H,23,24). The summed E-state index contributed by atoms with van der Waals surface area (Å²) in [4.78, 5) is 21.5. The number of nitrogens with zero attached hydrogens (tertiary/aromatic N) is 3. The molecule has 164 valence electrons. The highest BCUT2D eigenvalue weighted by molar-refractivity contribution is 6.32. The number of ether oxygens (including phenoxy) is 3. The average Bonchev–Trinajstić information content (AvgIpc) is 3.31. The number of carbonyl (C=O) groups is 1. The number of nitrogens with one attached hydrogen (secondary N) is 1. The largest absolute Gasteiger partial charge is 0.486 e. The molecule has 9 heteroatoms. The lowest BCUT2D eigenvalue weighted by atomic mass is 10.2. The first-order valence-electron chi connectivity index (χ1n) is 10.7. The fraction of sp³-hybridized carbons (Fsp3) is 0.619. The predicted octanol–water partition coefficient (Wildman–Crippen LogP) is 1.90. The Kier molecular flexibility index (Phi) is 6.84. The van der Waals surface area contributed by atoms with E-state index in [1.807, 2.05) is 24.0 Å².